The van der Waals surface area contributed by atoms with Crippen LogP contribution < -0.4 is 10.6 Å². The quantitative estimate of drug-likeness (QED) is 0.607. The van der Waals surface area contributed by atoms with Gasteiger partial charge in [0.25, 0.3) is 0 Å². The second-order valence-electron chi connectivity index (χ2n) is 5.45. The first kappa shape index (κ1) is 14.5. The summed E-state index contributed by atoms with van der Waals surface area (Å²) >= 11 is 0. The predicted molar refractivity (Wildman–Crippen MR) is 68.7 cm³/mol. The van der Waals surface area contributed by atoms with E-state index < -0.39 is 0 Å². The Hall–Kier alpha value is -0.610. The van der Waals surface area contributed by atoms with Crippen molar-refractivity contribution in [3.8, 4) is 0 Å². The minimum Gasteiger partial charge on any atom is -0.396 e. The molecule has 1 amide bonds. The number of rotatable bonds is 6. The van der Waals surface area contributed by atoms with Crippen LogP contribution in [0.5, 0.6) is 0 Å². The van der Waals surface area contributed by atoms with Crippen LogP contribution in [0.3, 0.4) is 0 Å². The minimum atomic E-state index is -0.299. The van der Waals surface area contributed by atoms with Crippen molar-refractivity contribution in [2.24, 2.45) is 11.3 Å². The van der Waals surface area contributed by atoms with Gasteiger partial charge in [-0.25, -0.2) is 0 Å². The number of hydrogen-bond acceptors (Lipinski definition) is 3. The zero-order valence-corrected chi connectivity index (χ0v) is 11.1. The fourth-order valence-corrected chi connectivity index (χ4v) is 2.32. The monoisotopic (exact) mass is 242 g/mol. The molecule has 4 nitrogen and oxygen atoms in total. The summed E-state index contributed by atoms with van der Waals surface area (Å²) in [7, 11) is 0. The van der Waals surface area contributed by atoms with Crippen LogP contribution in [0.4, 0.5) is 0 Å². The van der Waals surface area contributed by atoms with Gasteiger partial charge in [0.2, 0.25) is 5.91 Å². The highest BCUT2D eigenvalue weighted by molar-refractivity contribution is 5.82. The molecule has 1 rings (SSSR count). The fraction of sp³-hybridized carbons (Fsp3) is 0.923. The van der Waals surface area contributed by atoms with E-state index in [1.165, 1.54) is 0 Å². The molecule has 1 unspecified atom stereocenters. The van der Waals surface area contributed by atoms with Gasteiger partial charge in [0, 0.05) is 18.6 Å². The van der Waals surface area contributed by atoms with Crippen molar-refractivity contribution in [3.63, 3.8) is 0 Å². The molecule has 17 heavy (non-hydrogen) atoms. The Kier molecular flexibility index (Phi) is 5.92. The summed E-state index contributed by atoms with van der Waals surface area (Å²) in [6, 6.07) is 0. The highest BCUT2D eigenvalue weighted by Gasteiger charge is 2.36. The van der Waals surface area contributed by atoms with Crippen molar-refractivity contribution >= 4 is 5.91 Å². The van der Waals surface area contributed by atoms with Gasteiger partial charge in [-0.05, 0) is 44.7 Å². The number of nitrogens with one attached hydrogen (secondary N) is 2. The molecule has 1 aliphatic heterocycles. The summed E-state index contributed by atoms with van der Waals surface area (Å²) in [4.78, 5) is 12.1. The number of aliphatic hydroxyl groups excluding tert-OH is 1. The van der Waals surface area contributed by atoms with Crippen LogP contribution in [0.2, 0.25) is 0 Å². The van der Waals surface area contributed by atoms with Crippen LogP contribution in [0.15, 0.2) is 0 Å². The van der Waals surface area contributed by atoms with Crippen LogP contribution in [-0.2, 0) is 4.79 Å². The Labute approximate surface area is 104 Å². The van der Waals surface area contributed by atoms with Gasteiger partial charge in [0.1, 0.15) is 0 Å². The summed E-state index contributed by atoms with van der Waals surface area (Å²) < 4.78 is 0. The number of carbonyl (C=O) groups excluding carboxylic acids is 1. The Balaban J connectivity index is 2.36. The summed E-state index contributed by atoms with van der Waals surface area (Å²) in [5.74, 6) is 0.568. The molecule has 1 atom stereocenters. The fourth-order valence-electron chi connectivity index (χ4n) is 2.32. The standard InChI is InChI=1S/C13H26N2O2/c1-13(2,11-6-5-7-14-10-11)12(17)15-8-3-4-9-16/h11,14,16H,3-10H2,1-2H3,(H,15,17). The van der Waals surface area contributed by atoms with Crippen molar-refractivity contribution in [1.82, 2.24) is 10.6 Å². The lowest BCUT2D eigenvalue weighted by molar-refractivity contribution is -0.132. The smallest absolute Gasteiger partial charge is 0.225 e. The minimum absolute atomic E-state index is 0.143. The molecule has 0 aromatic heterocycles. The van der Waals surface area contributed by atoms with Crippen LogP contribution >= 0.6 is 0 Å². The second-order valence-corrected chi connectivity index (χ2v) is 5.45. The first-order valence-electron chi connectivity index (χ1n) is 6.69. The molecule has 0 radical (unpaired) electrons. The number of unbranched alkanes of at least 4 members (excludes halogenated alkanes) is 1. The average molecular weight is 242 g/mol. The van der Waals surface area contributed by atoms with Gasteiger partial charge >= 0.3 is 0 Å². The van der Waals surface area contributed by atoms with E-state index in [9.17, 15) is 4.79 Å². The summed E-state index contributed by atoms with van der Waals surface area (Å²) in [6.45, 7) is 6.95. The van der Waals surface area contributed by atoms with E-state index in [1.807, 2.05) is 13.8 Å². The maximum Gasteiger partial charge on any atom is 0.225 e. The number of hydrogen-bond donors (Lipinski definition) is 3. The Bertz CT molecular complexity index is 236. The molecule has 4 heteroatoms. The Morgan fingerprint density at radius 1 is 1.47 bits per heavy atom. The van der Waals surface area contributed by atoms with E-state index in [4.69, 9.17) is 5.11 Å². The Morgan fingerprint density at radius 2 is 2.24 bits per heavy atom. The number of aliphatic hydroxyl groups is 1. The van der Waals surface area contributed by atoms with Gasteiger partial charge in [0.05, 0.1) is 0 Å². The van der Waals surface area contributed by atoms with Crippen LogP contribution in [0, 0.1) is 11.3 Å². The molecule has 1 saturated heterocycles. The predicted octanol–water partition coefficient (Wildman–Crippen LogP) is 0.901. The lowest BCUT2D eigenvalue weighted by atomic mass is 9.74. The third-order valence-corrected chi connectivity index (χ3v) is 3.77. The second kappa shape index (κ2) is 6.97. The number of piperidine rings is 1. The molecule has 1 fully saturated rings. The van der Waals surface area contributed by atoms with Crippen molar-refractivity contribution in [2.75, 3.05) is 26.2 Å². The Morgan fingerprint density at radius 3 is 2.82 bits per heavy atom. The molecule has 100 valence electrons. The lowest BCUT2D eigenvalue weighted by Crippen LogP contribution is -2.47. The third kappa shape index (κ3) is 4.28. The van der Waals surface area contributed by atoms with Crippen molar-refractivity contribution < 1.29 is 9.90 Å². The molecule has 0 bridgehead atoms. The number of carbonyl (C=O) groups is 1. The first-order valence-corrected chi connectivity index (χ1v) is 6.69. The lowest BCUT2D eigenvalue weighted by Gasteiger charge is -2.36. The van der Waals surface area contributed by atoms with E-state index in [0.29, 0.717) is 12.5 Å². The molecule has 1 aliphatic rings. The largest absolute Gasteiger partial charge is 0.396 e. The van der Waals surface area contributed by atoms with E-state index in [-0.39, 0.29) is 17.9 Å². The molecule has 0 saturated carbocycles. The molecule has 0 aromatic carbocycles. The SMILES string of the molecule is CC(C)(C(=O)NCCCCO)C1CCCNC1. The average Bonchev–Trinajstić information content (AvgIpc) is 2.35. The van der Waals surface area contributed by atoms with Crippen molar-refractivity contribution in [2.45, 2.75) is 39.5 Å². The van der Waals surface area contributed by atoms with Gasteiger partial charge in [-0.15, -0.1) is 0 Å². The van der Waals surface area contributed by atoms with Crippen molar-refractivity contribution in [3.05, 3.63) is 0 Å². The van der Waals surface area contributed by atoms with E-state index in [2.05, 4.69) is 10.6 Å². The molecule has 0 aromatic rings. The molecule has 0 aliphatic carbocycles. The van der Waals surface area contributed by atoms with E-state index >= 15 is 0 Å². The molecule has 3 N–H and O–H groups in total. The zero-order valence-electron chi connectivity index (χ0n) is 11.1. The first-order chi connectivity index (χ1) is 8.09. The van der Waals surface area contributed by atoms with Gasteiger partial charge in [-0.3, -0.25) is 4.79 Å². The van der Waals surface area contributed by atoms with Crippen molar-refractivity contribution in [1.29, 1.82) is 0 Å². The summed E-state index contributed by atoms with van der Waals surface area (Å²) in [5.41, 5.74) is -0.299. The summed E-state index contributed by atoms with van der Waals surface area (Å²) in [5, 5.41) is 15.0. The van der Waals surface area contributed by atoms with Crippen LogP contribution in [0.1, 0.15) is 39.5 Å². The maximum absolute atomic E-state index is 12.1. The van der Waals surface area contributed by atoms with Gasteiger partial charge in [0.15, 0.2) is 0 Å². The van der Waals surface area contributed by atoms with Gasteiger partial charge < -0.3 is 15.7 Å². The molecule has 0 spiro atoms. The highest BCUT2D eigenvalue weighted by atomic mass is 16.2. The molecule has 1 heterocycles. The van der Waals surface area contributed by atoms with Crippen LogP contribution in [0.25, 0.3) is 0 Å². The normalized spacial score (nSPS) is 21.2. The topological polar surface area (TPSA) is 61.4 Å². The highest BCUT2D eigenvalue weighted by Crippen LogP contribution is 2.31. The van der Waals surface area contributed by atoms with E-state index in [1.54, 1.807) is 0 Å². The third-order valence-electron chi connectivity index (χ3n) is 3.77. The molecular formula is C13H26N2O2. The maximum atomic E-state index is 12.1. The van der Waals surface area contributed by atoms with Gasteiger partial charge in [-0.1, -0.05) is 13.8 Å². The van der Waals surface area contributed by atoms with Gasteiger partial charge in [-0.2, -0.15) is 0 Å². The van der Waals surface area contributed by atoms with Crippen LogP contribution in [-0.4, -0.2) is 37.3 Å². The molecular weight excluding hydrogens is 216 g/mol. The number of amides is 1. The summed E-state index contributed by atoms with van der Waals surface area (Å²) in [6.07, 6.45) is 3.89. The zero-order chi connectivity index (χ0) is 12.7. The van der Waals surface area contributed by atoms with E-state index in [0.717, 1.165) is 38.8 Å².